The molecule has 0 bridgehead atoms. The minimum atomic E-state index is -0.382. The quantitative estimate of drug-likeness (QED) is 0.377. The topological polar surface area (TPSA) is 83.4 Å². The van der Waals surface area contributed by atoms with E-state index in [0.717, 1.165) is 29.0 Å². The Morgan fingerprint density at radius 1 is 0.929 bits per heavy atom. The summed E-state index contributed by atoms with van der Waals surface area (Å²) >= 11 is 0. The van der Waals surface area contributed by atoms with Crippen LogP contribution in [0.4, 0.5) is 0 Å². The zero-order valence-corrected chi connectivity index (χ0v) is 16.2. The third-order valence-corrected chi connectivity index (χ3v) is 4.19. The van der Waals surface area contributed by atoms with Crippen LogP contribution < -0.4 is 20.1 Å². The second kappa shape index (κ2) is 11.3. The van der Waals surface area contributed by atoms with E-state index in [-0.39, 0.29) is 11.5 Å². The van der Waals surface area contributed by atoms with Crippen molar-refractivity contribution in [3.8, 4) is 17.6 Å². The lowest BCUT2D eigenvalue weighted by Gasteiger charge is -2.07. The van der Waals surface area contributed by atoms with Gasteiger partial charge in [-0.3, -0.25) is 4.79 Å². The molecule has 6 heteroatoms. The van der Waals surface area contributed by atoms with Crippen LogP contribution in [-0.4, -0.2) is 33.2 Å². The molecule has 2 rings (SSSR count). The van der Waals surface area contributed by atoms with Crippen LogP contribution >= 0.6 is 0 Å². The van der Waals surface area contributed by atoms with Gasteiger partial charge in [-0.25, -0.2) is 0 Å². The van der Waals surface area contributed by atoms with Crippen LogP contribution in [0, 0.1) is 11.3 Å². The van der Waals surface area contributed by atoms with Crippen molar-refractivity contribution in [2.24, 2.45) is 0 Å². The average molecular weight is 379 g/mol. The zero-order chi connectivity index (χ0) is 20.2. The summed E-state index contributed by atoms with van der Waals surface area (Å²) in [6.07, 6.45) is 2.92. The van der Waals surface area contributed by atoms with Crippen LogP contribution in [0.5, 0.6) is 11.5 Å². The number of nitrogens with one attached hydrogen (secondary N) is 2. The third kappa shape index (κ3) is 6.69. The van der Waals surface area contributed by atoms with Crippen LogP contribution in [0.2, 0.25) is 0 Å². The van der Waals surface area contributed by atoms with Gasteiger partial charge in [0.25, 0.3) is 5.91 Å². The zero-order valence-electron chi connectivity index (χ0n) is 16.2. The molecule has 2 aromatic rings. The molecular formula is C22H25N3O3. The fourth-order valence-corrected chi connectivity index (χ4v) is 2.54. The molecule has 0 unspecified atom stereocenters. The fourth-order valence-electron chi connectivity index (χ4n) is 2.54. The summed E-state index contributed by atoms with van der Waals surface area (Å²) < 4.78 is 10.2. The van der Waals surface area contributed by atoms with E-state index in [1.54, 1.807) is 14.2 Å². The van der Waals surface area contributed by atoms with Gasteiger partial charge in [0.05, 0.1) is 14.2 Å². The van der Waals surface area contributed by atoms with E-state index in [9.17, 15) is 10.1 Å². The highest BCUT2D eigenvalue weighted by atomic mass is 16.5. The standard InChI is InChI=1S/C22H25N3O3/c1-27-20-7-3-17(4-8-20)11-13-24-16-19(15-23)22(26)25-14-12-18-5-9-21(28-2)10-6-18/h3-10,16,24H,11-14H2,1-2H3,(H,25,26)/b19-16-. The number of carbonyl (C=O) groups excluding carboxylic acids is 1. The fraction of sp³-hybridized carbons (Fsp3) is 0.273. The molecule has 2 aromatic carbocycles. The van der Waals surface area contributed by atoms with E-state index < -0.39 is 0 Å². The lowest BCUT2D eigenvalue weighted by atomic mass is 10.1. The van der Waals surface area contributed by atoms with Crippen LogP contribution in [0.1, 0.15) is 11.1 Å². The van der Waals surface area contributed by atoms with E-state index in [2.05, 4.69) is 10.6 Å². The normalized spacial score (nSPS) is 10.7. The maximum atomic E-state index is 12.1. The molecule has 0 aromatic heterocycles. The first-order valence-electron chi connectivity index (χ1n) is 9.04. The molecule has 0 heterocycles. The molecule has 1 amide bonds. The number of benzene rings is 2. The van der Waals surface area contributed by atoms with Crippen LogP contribution in [0.25, 0.3) is 0 Å². The number of hydrogen-bond acceptors (Lipinski definition) is 5. The van der Waals surface area contributed by atoms with Crippen molar-refractivity contribution in [3.63, 3.8) is 0 Å². The van der Waals surface area contributed by atoms with Gasteiger partial charge in [0.15, 0.2) is 0 Å². The first-order valence-corrected chi connectivity index (χ1v) is 9.04. The van der Waals surface area contributed by atoms with E-state index in [0.29, 0.717) is 19.5 Å². The van der Waals surface area contributed by atoms with E-state index >= 15 is 0 Å². The summed E-state index contributed by atoms with van der Waals surface area (Å²) in [7, 11) is 3.25. The summed E-state index contributed by atoms with van der Waals surface area (Å²) in [5.41, 5.74) is 2.29. The van der Waals surface area contributed by atoms with Gasteiger partial charge in [0.1, 0.15) is 23.1 Å². The third-order valence-electron chi connectivity index (χ3n) is 4.19. The van der Waals surface area contributed by atoms with Gasteiger partial charge in [-0.2, -0.15) is 5.26 Å². The van der Waals surface area contributed by atoms with Crippen LogP contribution in [-0.2, 0) is 17.6 Å². The Morgan fingerprint density at radius 3 is 1.89 bits per heavy atom. The number of nitrogens with zero attached hydrogens (tertiary/aromatic N) is 1. The Bertz CT molecular complexity index is 822. The second-order valence-electron chi connectivity index (χ2n) is 6.08. The number of nitriles is 1. The molecule has 146 valence electrons. The molecular weight excluding hydrogens is 354 g/mol. The lowest BCUT2D eigenvalue weighted by Crippen LogP contribution is -2.28. The first kappa shape index (κ1) is 20.8. The number of amides is 1. The van der Waals surface area contributed by atoms with Gasteiger partial charge in [-0.15, -0.1) is 0 Å². The van der Waals surface area contributed by atoms with Gasteiger partial charge in [0, 0.05) is 19.3 Å². The first-order chi connectivity index (χ1) is 13.7. The Kier molecular flexibility index (Phi) is 8.41. The molecule has 0 aliphatic carbocycles. The van der Waals surface area contributed by atoms with Crippen molar-refractivity contribution in [2.45, 2.75) is 12.8 Å². The molecule has 0 fully saturated rings. The predicted octanol–water partition coefficient (Wildman–Crippen LogP) is 2.60. The van der Waals surface area contributed by atoms with Crippen molar-refractivity contribution in [1.29, 1.82) is 5.26 Å². The molecule has 0 saturated carbocycles. The molecule has 0 atom stereocenters. The highest BCUT2D eigenvalue weighted by Gasteiger charge is 2.08. The minimum absolute atomic E-state index is 0.0597. The lowest BCUT2D eigenvalue weighted by molar-refractivity contribution is -0.117. The van der Waals surface area contributed by atoms with Crippen LogP contribution in [0.15, 0.2) is 60.3 Å². The smallest absolute Gasteiger partial charge is 0.263 e. The van der Waals surface area contributed by atoms with Crippen molar-refractivity contribution >= 4 is 5.91 Å². The van der Waals surface area contributed by atoms with Crippen molar-refractivity contribution in [1.82, 2.24) is 10.6 Å². The number of carbonyl (C=O) groups is 1. The molecule has 0 spiro atoms. The molecule has 0 radical (unpaired) electrons. The maximum Gasteiger partial charge on any atom is 0.263 e. The Morgan fingerprint density at radius 2 is 1.43 bits per heavy atom. The predicted molar refractivity (Wildman–Crippen MR) is 108 cm³/mol. The maximum absolute atomic E-state index is 12.1. The summed E-state index contributed by atoms with van der Waals surface area (Å²) in [6, 6.07) is 17.4. The summed E-state index contributed by atoms with van der Waals surface area (Å²) in [5, 5.41) is 15.0. The Balaban J connectivity index is 1.74. The largest absolute Gasteiger partial charge is 0.497 e. The van der Waals surface area contributed by atoms with E-state index in [1.165, 1.54) is 6.20 Å². The molecule has 0 aliphatic heterocycles. The Hall–Kier alpha value is -3.46. The highest BCUT2D eigenvalue weighted by Crippen LogP contribution is 2.12. The van der Waals surface area contributed by atoms with Crippen molar-refractivity contribution in [3.05, 3.63) is 71.4 Å². The molecule has 28 heavy (non-hydrogen) atoms. The molecule has 6 nitrogen and oxygen atoms in total. The van der Waals surface area contributed by atoms with Crippen molar-refractivity contribution < 1.29 is 14.3 Å². The highest BCUT2D eigenvalue weighted by molar-refractivity contribution is 5.97. The monoisotopic (exact) mass is 379 g/mol. The summed E-state index contributed by atoms with van der Waals surface area (Å²) in [6.45, 7) is 1.08. The number of hydrogen-bond donors (Lipinski definition) is 2. The molecule has 0 aliphatic rings. The Labute approximate surface area is 165 Å². The number of ether oxygens (including phenoxy) is 2. The van der Waals surface area contributed by atoms with Crippen molar-refractivity contribution in [2.75, 3.05) is 27.3 Å². The summed E-state index contributed by atoms with van der Waals surface area (Å²) in [4.78, 5) is 12.1. The SMILES string of the molecule is COc1ccc(CCN/C=C(/C#N)C(=O)NCCc2ccc(OC)cc2)cc1. The number of rotatable bonds is 10. The van der Waals surface area contributed by atoms with Gasteiger partial charge < -0.3 is 20.1 Å². The molecule has 2 N–H and O–H groups in total. The van der Waals surface area contributed by atoms with Crippen LogP contribution in [0.3, 0.4) is 0 Å². The average Bonchev–Trinajstić information content (AvgIpc) is 2.74. The van der Waals surface area contributed by atoms with Gasteiger partial charge in [-0.1, -0.05) is 24.3 Å². The van der Waals surface area contributed by atoms with Gasteiger partial charge in [-0.05, 0) is 48.2 Å². The van der Waals surface area contributed by atoms with E-state index in [1.807, 2.05) is 54.6 Å². The molecule has 0 saturated heterocycles. The summed E-state index contributed by atoms with van der Waals surface area (Å²) in [5.74, 6) is 1.23. The van der Waals surface area contributed by atoms with Gasteiger partial charge >= 0.3 is 0 Å². The second-order valence-corrected chi connectivity index (χ2v) is 6.08. The minimum Gasteiger partial charge on any atom is -0.497 e. The number of methoxy groups -OCH3 is 2. The van der Waals surface area contributed by atoms with Gasteiger partial charge in [0.2, 0.25) is 0 Å². The van der Waals surface area contributed by atoms with E-state index in [4.69, 9.17) is 9.47 Å².